The summed E-state index contributed by atoms with van der Waals surface area (Å²) in [5.74, 6) is 0.800. The van der Waals surface area contributed by atoms with Crippen molar-refractivity contribution in [2.45, 2.75) is 38.6 Å². The van der Waals surface area contributed by atoms with E-state index in [2.05, 4.69) is 66.4 Å². The van der Waals surface area contributed by atoms with Crippen molar-refractivity contribution >= 4 is 0 Å². The molecule has 0 saturated carbocycles. The number of hydrogen-bond acceptors (Lipinski definition) is 2. The fourth-order valence-corrected chi connectivity index (χ4v) is 3.79. The summed E-state index contributed by atoms with van der Waals surface area (Å²) in [6, 6.07) is 19.5. The molecule has 2 heteroatoms. The molecule has 0 amide bonds. The highest BCUT2D eigenvalue weighted by molar-refractivity contribution is 5.63. The first-order valence-corrected chi connectivity index (χ1v) is 8.32. The van der Waals surface area contributed by atoms with Crippen molar-refractivity contribution in [1.82, 2.24) is 4.90 Å². The first kappa shape index (κ1) is 14.0. The van der Waals surface area contributed by atoms with Gasteiger partial charge < -0.3 is 4.74 Å². The van der Waals surface area contributed by atoms with Gasteiger partial charge in [0.2, 0.25) is 0 Å². The van der Waals surface area contributed by atoms with Gasteiger partial charge in [-0.25, -0.2) is 0 Å². The number of likely N-dealkylation sites (tertiary alicyclic amines) is 1. The molecule has 0 spiro atoms. The molecule has 0 aromatic heterocycles. The lowest BCUT2D eigenvalue weighted by Crippen LogP contribution is -2.31. The summed E-state index contributed by atoms with van der Waals surface area (Å²) in [6.45, 7) is 4.44. The summed E-state index contributed by atoms with van der Waals surface area (Å²) in [7, 11) is 0. The Kier molecular flexibility index (Phi) is 3.73. The van der Waals surface area contributed by atoms with E-state index < -0.39 is 0 Å². The van der Waals surface area contributed by atoms with E-state index in [1.54, 1.807) is 0 Å². The third-order valence-corrected chi connectivity index (χ3v) is 4.91. The number of hydrogen-bond donors (Lipinski definition) is 0. The first-order valence-electron chi connectivity index (χ1n) is 8.32. The Labute approximate surface area is 132 Å². The largest absolute Gasteiger partial charge is 0.359 e. The Bertz CT molecular complexity index is 622. The highest BCUT2D eigenvalue weighted by Crippen LogP contribution is 2.34. The van der Waals surface area contributed by atoms with Crippen molar-refractivity contribution in [1.29, 1.82) is 0 Å². The lowest BCUT2D eigenvalue weighted by Gasteiger charge is -2.27. The van der Waals surface area contributed by atoms with Crippen molar-refractivity contribution in [3.8, 4) is 11.1 Å². The molecule has 2 aromatic carbocycles. The van der Waals surface area contributed by atoms with Crippen LogP contribution in [0.1, 0.15) is 25.3 Å². The van der Waals surface area contributed by atoms with Crippen LogP contribution in [0, 0.1) is 5.92 Å². The number of rotatable bonds is 3. The molecule has 2 nitrogen and oxygen atoms in total. The summed E-state index contributed by atoms with van der Waals surface area (Å²) in [6.07, 6.45) is 3.19. The van der Waals surface area contributed by atoms with Gasteiger partial charge in [-0.3, -0.25) is 4.90 Å². The molecule has 2 bridgehead atoms. The van der Waals surface area contributed by atoms with E-state index in [-0.39, 0.29) is 0 Å². The normalized spacial score (nSPS) is 28.0. The Morgan fingerprint density at radius 1 is 0.955 bits per heavy atom. The zero-order chi connectivity index (χ0) is 14.9. The molecule has 0 N–H and O–H groups in total. The summed E-state index contributed by atoms with van der Waals surface area (Å²) < 4.78 is 6.07. The van der Waals surface area contributed by atoms with Gasteiger partial charge in [-0.15, -0.1) is 0 Å². The van der Waals surface area contributed by atoms with Crippen LogP contribution in [0.25, 0.3) is 11.1 Å². The van der Waals surface area contributed by atoms with Gasteiger partial charge >= 0.3 is 0 Å². The quantitative estimate of drug-likeness (QED) is 0.836. The highest BCUT2D eigenvalue weighted by Gasteiger charge is 2.38. The molecule has 2 fully saturated rings. The van der Waals surface area contributed by atoms with Gasteiger partial charge in [-0.1, -0.05) is 61.5 Å². The van der Waals surface area contributed by atoms with Crippen LogP contribution in [-0.2, 0) is 11.3 Å². The van der Waals surface area contributed by atoms with Crippen LogP contribution in [-0.4, -0.2) is 23.8 Å². The number of ether oxygens (including phenoxy) is 1. The standard InChI is InChI=1S/C20H23NO/c1-15-11-19-14-21(20(12-15)22-19)13-16-7-9-18(10-8-16)17-5-3-2-4-6-17/h2-10,15,19-20H,11-14H2,1H3/t15-,19+,20-/m0/s1. The van der Waals surface area contributed by atoms with Gasteiger partial charge in [-0.2, -0.15) is 0 Å². The highest BCUT2D eigenvalue weighted by atomic mass is 16.5. The predicted octanol–water partition coefficient (Wildman–Crippen LogP) is 4.31. The second kappa shape index (κ2) is 5.86. The van der Waals surface area contributed by atoms with Crippen LogP contribution < -0.4 is 0 Å². The zero-order valence-electron chi connectivity index (χ0n) is 13.1. The molecule has 3 atom stereocenters. The maximum atomic E-state index is 6.07. The predicted molar refractivity (Wildman–Crippen MR) is 89.3 cm³/mol. The van der Waals surface area contributed by atoms with E-state index >= 15 is 0 Å². The molecule has 0 unspecified atom stereocenters. The van der Waals surface area contributed by atoms with Gasteiger partial charge in [0.25, 0.3) is 0 Å². The monoisotopic (exact) mass is 293 g/mol. The Hall–Kier alpha value is -1.64. The minimum atomic E-state index is 0.336. The number of fused-ring (bicyclic) bond motifs is 2. The third-order valence-electron chi connectivity index (χ3n) is 4.91. The summed E-state index contributed by atoms with van der Waals surface area (Å²) in [5, 5.41) is 0. The molecule has 2 saturated heterocycles. The molecular formula is C20H23NO. The van der Waals surface area contributed by atoms with E-state index in [9.17, 15) is 0 Å². The number of nitrogens with zero attached hydrogens (tertiary/aromatic N) is 1. The van der Waals surface area contributed by atoms with Crippen LogP contribution in [0.3, 0.4) is 0 Å². The minimum Gasteiger partial charge on any atom is -0.359 e. The molecule has 2 aliphatic heterocycles. The molecule has 4 rings (SSSR count). The van der Waals surface area contributed by atoms with E-state index in [4.69, 9.17) is 4.74 Å². The molecule has 2 heterocycles. The molecule has 0 aliphatic carbocycles. The minimum absolute atomic E-state index is 0.336. The first-order chi connectivity index (χ1) is 10.8. The second-order valence-electron chi connectivity index (χ2n) is 6.78. The van der Waals surface area contributed by atoms with E-state index in [0.717, 1.165) is 19.0 Å². The molecule has 0 radical (unpaired) electrons. The topological polar surface area (TPSA) is 12.5 Å². The maximum Gasteiger partial charge on any atom is 0.111 e. The van der Waals surface area contributed by atoms with Crippen LogP contribution in [0.5, 0.6) is 0 Å². The van der Waals surface area contributed by atoms with Crippen LogP contribution in [0.15, 0.2) is 54.6 Å². The fraction of sp³-hybridized carbons (Fsp3) is 0.400. The van der Waals surface area contributed by atoms with Crippen molar-refractivity contribution in [3.63, 3.8) is 0 Å². The smallest absolute Gasteiger partial charge is 0.111 e. The van der Waals surface area contributed by atoms with E-state index in [0.29, 0.717) is 12.3 Å². The average Bonchev–Trinajstić information content (AvgIpc) is 2.83. The summed E-state index contributed by atoms with van der Waals surface area (Å²) in [4.78, 5) is 2.51. The van der Waals surface area contributed by atoms with Crippen molar-refractivity contribution in [3.05, 3.63) is 60.2 Å². The number of benzene rings is 2. The Balaban J connectivity index is 1.46. The van der Waals surface area contributed by atoms with Crippen LogP contribution in [0.4, 0.5) is 0 Å². The van der Waals surface area contributed by atoms with Crippen molar-refractivity contribution < 1.29 is 4.74 Å². The van der Waals surface area contributed by atoms with Crippen LogP contribution >= 0.6 is 0 Å². The summed E-state index contributed by atoms with van der Waals surface area (Å²) in [5.41, 5.74) is 3.95. The molecular weight excluding hydrogens is 270 g/mol. The van der Waals surface area contributed by atoms with Gasteiger partial charge in [0.05, 0.1) is 6.10 Å². The molecule has 2 aliphatic rings. The molecule has 22 heavy (non-hydrogen) atoms. The molecule has 2 aromatic rings. The van der Waals surface area contributed by atoms with Gasteiger partial charge in [0, 0.05) is 13.1 Å². The van der Waals surface area contributed by atoms with Crippen LogP contribution in [0.2, 0.25) is 0 Å². The average molecular weight is 293 g/mol. The SMILES string of the molecule is C[C@H]1C[C@@H]2CN(Cc3ccc(-c4ccccc4)cc3)[C@H](C1)O2. The fourth-order valence-electron chi connectivity index (χ4n) is 3.79. The summed E-state index contributed by atoms with van der Waals surface area (Å²) >= 11 is 0. The third kappa shape index (κ3) is 2.81. The van der Waals surface area contributed by atoms with Crippen molar-refractivity contribution in [2.24, 2.45) is 5.92 Å². The van der Waals surface area contributed by atoms with E-state index in [1.807, 2.05) is 0 Å². The Morgan fingerprint density at radius 2 is 1.68 bits per heavy atom. The molecule has 114 valence electrons. The lowest BCUT2D eigenvalue weighted by molar-refractivity contribution is -0.0529. The van der Waals surface area contributed by atoms with Gasteiger partial charge in [-0.05, 0) is 35.4 Å². The zero-order valence-corrected chi connectivity index (χ0v) is 13.1. The van der Waals surface area contributed by atoms with Gasteiger partial charge in [0.15, 0.2) is 0 Å². The maximum absolute atomic E-state index is 6.07. The van der Waals surface area contributed by atoms with Crippen molar-refractivity contribution in [2.75, 3.05) is 6.54 Å². The lowest BCUT2D eigenvalue weighted by atomic mass is 9.99. The Morgan fingerprint density at radius 3 is 2.45 bits per heavy atom. The second-order valence-corrected chi connectivity index (χ2v) is 6.78. The van der Waals surface area contributed by atoms with Gasteiger partial charge in [0.1, 0.15) is 6.23 Å². The van der Waals surface area contributed by atoms with E-state index in [1.165, 1.54) is 29.5 Å².